The molecule has 0 aliphatic heterocycles. The second-order valence-corrected chi connectivity index (χ2v) is 6.67. The number of benzene rings is 1. The first-order chi connectivity index (χ1) is 9.09. The van der Waals surface area contributed by atoms with Crippen LogP contribution in [0, 0.1) is 6.92 Å². The van der Waals surface area contributed by atoms with Crippen LogP contribution in [-0.2, 0) is 5.60 Å². The molecule has 1 aliphatic rings. The van der Waals surface area contributed by atoms with Crippen LogP contribution in [-0.4, -0.2) is 5.11 Å². The number of hydrogen-bond acceptors (Lipinski definition) is 2. The van der Waals surface area contributed by atoms with Gasteiger partial charge in [-0.1, -0.05) is 30.7 Å². The van der Waals surface area contributed by atoms with E-state index in [0.717, 1.165) is 21.9 Å². The minimum Gasteiger partial charge on any atom is -0.380 e. The molecule has 1 fully saturated rings. The van der Waals surface area contributed by atoms with Crippen LogP contribution in [0.15, 0.2) is 35.7 Å². The predicted octanol–water partition coefficient (Wildman–Crippen LogP) is 4.58. The molecule has 2 heteroatoms. The zero-order chi connectivity index (χ0) is 13.5. The summed E-state index contributed by atoms with van der Waals surface area (Å²) in [4.78, 5) is 1.05. The summed E-state index contributed by atoms with van der Waals surface area (Å²) in [7, 11) is 0. The van der Waals surface area contributed by atoms with Gasteiger partial charge in [0.15, 0.2) is 0 Å². The Bertz CT molecular complexity index is 561. The first-order valence-electron chi connectivity index (χ1n) is 6.96. The lowest BCUT2D eigenvalue weighted by molar-refractivity contribution is 0.106. The molecule has 100 valence electrons. The van der Waals surface area contributed by atoms with Gasteiger partial charge in [-0.15, -0.1) is 11.3 Å². The van der Waals surface area contributed by atoms with Crippen molar-refractivity contribution in [3.05, 3.63) is 57.3 Å². The smallest absolute Gasteiger partial charge is 0.121 e. The number of rotatable bonds is 3. The molecule has 0 spiro atoms. The average molecular weight is 272 g/mol. The first kappa shape index (κ1) is 12.9. The van der Waals surface area contributed by atoms with E-state index >= 15 is 0 Å². The van der Waals surface area contributed by atoms with Crippen molar-refractivity contribution in [2.75, 3.05) is 0 Å². The molecule has 1 unspecified atom stereocenters. The number of hydrogen-bond donors (Lipinski definition) is 1. The summed E-state index contributed by atoms with van der Waals surface area (Å²) in [6.07, 6.45) is 4.00. The summed E-state index contributed by atoms with van der Waals surface area (Å²) in [5, 5.41) is 12.9. The zero-order valence-electron chi connectivity index (χ0n) is 11.5. The van der Waals surface area contributed by atoms with E-state index < -0.39 is 5.60 Å². The molecule has 19 heavy (non-hydrogen) atoms. The fourth-order valence-electron chi connectivity index (χ4n) is 2.82. The Hall–Kier alpha value is -1.12. The van der Waals surface area contributed by atoms with Crippen LogP contribution in [0.5, 0.6) is 0 Å². The van der Waals surface area contributed by atoms with Crippen molar-refractivity contribution in [3.63, 3.8) is 0 Å². The Morgan fingerprint density at radius 2 is 1.84 bits per heavy atom. The average Bonchev–Trinajstić information content (AvgIpc) is 2.75. The topological polar surface area (TPSA) is 20.2 Å². The van der Waals surface area contributed by atoms with Gasteiger partial charge in [0.25, 0.3) is 0 Å². The van der Waals surface area contributed by atoms with Gasteiger partial charge < -0.3 is 5.11 Å². The molecule has 0 amide bonds. The minimum atomic E-state index is -0.879. The Balaban J connectivity index is 1.90. The third kappa shape index (κ3) is 2.24. The number of aryl methyl sites for hydroxylation is 1. The van der Waals surface area contributed by atoms with E-state index in [1.165, 1.54) is 24.8 Å². The van der Waals surface area contributed by atoms with E-state index in [1.54, 1.807) is 11.3 Å². The Labute approximate surface area is 118 Å². The van der Waals surface area contributed by atoms with Crippen molar-refractivity contribution in [1.82, 2.24) is 0 Å². The third-order valence-electron chi connectivity index (χ3n) is 4.35. The molecule has 1 saturated carbocycles. The van der Waals surface area contributed by atoms with Crippen molar-refractivity contribution in [3.8, 4) is 0 Å². The molecule has 0 bridgehead atoms. The summed E-state index contributed by atoms with van der Waals surface area (Å²) >= 11 is 1.63. The molecule has 3 rings (SSSR count). The fourth-order valence-corrected chi connectivity index (χ4v) is 3.83. The molecule has 1 aromatic heterocycles. The molecule has 0 saturated heterocycles. The van der Waals surface area contributed by atoms with Crippen LogP contribution in [0.2, 0.25) is 0 Å². The van der Waals surface area contributed by atoms with Gasteiger partial charge in [-0.05, 0) is 60.7 Å². The third-order valence-corrected chi connectivity index (χ3v) is 5.58. The van der Waals surface area contributed by atoms with Gasteiger partial charge in [0.1, 0.15) is 5.60 Å². The zero-order valence-corrected chi connectivity index (χ0v) is 12.3. The molecular formula is C17H20OS. The molecule has 2 aromatic rings. The lowest BCUT2D eigenvalue weighted by atomic mass is 9.79. The summed E-state index contributed by atoms with van der Waals surface area (Å²) in [6, 6.07) is 10.6. The number of thiophene rings is 1. The summed E-state index contributed by atoms with van der Waals surface area (Å²) < 4.78 is 0. The van der Waals surface area contributed by atoms with Gasteiger partial charge in [0.2, 0.25) is 0 Å². The van der Waals surface area contributed by atoms with E-state index in [2.05, 4.69) is 37.3 Å². The maximum atomic E-state index is 10.8. The highest BCUT2D eigenvalue weighted by Crippen LogP contribution is 2.39. The molecule has 1 N–H and O–H groups in total. The number of aliphatic hydroxyl groups is 1. The monoisotopic (exact) mass is 272 g/mol. The first-order valence-corrected chi connectivity index (χ1v) is 7.84. The lowest BCUT2D eigenvalue weighted by Gasteiger charge is -2.28. The van der Waals surface area contributed by atoms with Crippen LogP contribution in [0.1, 0.15) is 53.7 Å². The molecule has 0 radical (unpaired) electrons. The van der Waals surface area contributed by atoms with Gasteiger partial charge >= 0.3 is 0 Å². The summed E-state index contributed by atoms with van der Waals surface area (Å²) in [6.45, 7) is 3.95. The van der Waals surface area contributed by atoms with Crippen molar-refractivity contribution < 1.29 is 5.11 Å². The minimum absolute atomic E-state index is 0.752. The maximum Gasteiger partial charge on any atom is 0.121 e. The molecular weight excluding hydrogens is 252 g/mol. The quantitative estimate of drug-likeness (QED) is 0.867. The van der Waals surface area contributed by atoms with Crippen LogP contribution in [0.4, 0.5) is 0 Å². The normalized spacial score (nSPS) is 18.9. The van der Waals surface area contributed by atoms with E-state index in [1.807, 2.05) is 12.3 Å². The van der Waals surface area contributed by atoms with Crippen LogP contribution in [0.3, 0.4) is 0 Å². The summed E-state index contributed by atoms with van der Waals surface area (Å²) in [5.41, 5.74) is 2.70. The highest BCUT2D eigenvalue weighted by atomic mass is 32.1. The van der Waals surface area contributed by atoms with Gasteiger partial charge in [-0.3, -0.25) is 0 Å². The van der Waals surface area contributed by atoms with Crippen molar-refractivity contribution in [1.29, 1.82) is 0 Å². The Morgan fingerprint density at radius 3 is 2.32 bits per heavy atom. The highest BCUT2D eigenvalue weighted by molar-refractivity contribution is 7.10. The molecule has 1 atom stereocenters. The van der Waals surface area contributed by atoms with E-state index in [-0.39, 0.29) is 0 Å². The van der Waals surface area contributed by atoms with Gasteiger partial charge in [0, 0.05) is 4.88 Å². The summed E-state index contributed by atoms with van der Waals surface area (Å²) in [5.74, 6) is 0.752. The Morgan fingerprint density at radius 1 is 1.16 bits per heavy atom. The molecule has 1 nitrogen and oxygen atoms in total. The SMILES string of the molecule is Cc1ccsc1C(C)(O)c1ccc(C2CCC2)cc1. The second-order valence-electron chi connectivity index (χ2n) is 5.75. The maximum absolute atomic E-state index is 10.8. The van der Waals surface area contributed by atoms with Crippen LogP contribution < -0.4 is 0 Å². The van der Waals surface area contributed by atoms with Crippen LogP contribution >= 0.6 is 11.3 Å². The van der Waals surface area contributed by atoms with Gasteiger partial charge in [0.05, 0.1) is 0 Å². The molecule has 1 heterocycles. The van der Waals surface area contributed by atoms with Crippen molar-refractivity contribution >= 4 is 11.3 Å². The van der Waals surface area contributed by atoms with Crippen molar-refractivity contribution in [2.45, 2.75) is 44.6 Å². The Kier molecular flexibility index (Phi) is 3.23. The van der Waals surface area contributed by atoms with Crippen molar-refractivity contribution in [2.24, 2.45) is 0 Å². The fraction of sp³-hybridized carbons (Fsp3) is 0.412. The van der Waals surface area contributed by atoms with E-state index in [9.17, 15) is 5.11 Å². The second kappa shape index (κ2) is 4.77. The van der Waals surface area contributed by atoms with Gasteiger partial charge in [-0.2, -0.15) is 0 Å². The standard InChI is InChI=1S/C17H20OS/c1-12-10-11-19-16(12)17(2,18)15-8-6-14(7-9-15)13-4-3-5-13/h6-11,13,18H,3-5H2,1-2H3. The molecule has 1 aliphatic carbocycles. The van der Waals surface area contributed by atoms with Gasteiger partial charge in [-0.25, -0.2) is 0 Å². The van der Waals surface area contributed by atoms with E-state index in [0.29, 0.717) is 0 Å². The molecule has 1 aromatic carbocycles. The van der Waals surface area contributed by atoms with E-state index in [4.69, 9.17) is 0 Å². The predicted molar refractivity (Wildman–Crippen MR) is 80.8 cm³/mol. The highest BCUT2D eigenvalue weighted by Gasteiger charge is 2.29. The lowest BCUT2D eigenvalue weighted by Crippen LogP contribution is -2.22. The van der Waals surface area contributed by atoms with Crippen LogP contribution in [0.25, 0.3) is 0 Å². The largest absolute Gasteiger partial charge is 0.380 e.